The minimum atomic E-state index is 0.524. The molecule has 0 aliphatic heterocycles. The van der Waals surface area contributed by atoms with Crippen molar-refractivity contribution in [3.63, 3.8) is 0 Å². The van der Waals surface area contributed by atoms with E-state index in [0.29, 0.717) is 12.8 Å². The quantitative estimate of drug-likeness (QED) is 0.766. The van der Waals surface area contributed by atoms with Crippen LogP contribution in [0.5, 0.6) is 0 Å². The lowest BCUT2D eigenvalue weighted by Crippen LogP contribution is -2.23. The van der Waals surface area contributed by atoms with Gasteiger partial charge in [-0.25, -0.2) is 0 Å². The topological polar surface area (TPSA) is 26.2 Å². The van der Waals surface area contributed by atoms with Crippen LogP contribution in [-0.4, -0.2) is 17.2 Å². The summed E-state index contributed by atoms with van der Waals surface area (Å²) in [4.78, 5) is 0. The molecule has 0 amide bonds. The fourth-order valence-corrected chi connectivity index (χ4v) is 1.65. The average molecular weight is 222 g/mol. The molecule has 16 heavy (non-hydrogen) atoms. The Balaban J connectivity index is 1.75. The maximum Gasteiger partial charge on any atom is 0.122 e. The number of ether oxygens (including phenoxy) is 1. The van der Waals surface area contributed by atoms with Crippen molar-refractivity contribution in [2.45, 2.75) is 46.0 Å². The maximum absolute atomic E-state index is 5.68. The molecule has 0 spiro atoms. The van der Waals surface area contributed by atoms with Crippen molar-refractivity contribution in [2.75, 3.05) is 6.61 Å². The smallest absolute Gasteiger partial charge is 0.122 e. The molecule has 0 bridgehead atoms. The highest BCUT2D eigenvalue weighted by Gasteiger charge is 2.21. The fourth-order valence-electron chi connectivity index (χ4n) is 1.65. The first-order chi connectivity index (χ1) is 7.75. The second kappa shape index (κ2) is 5.51. The van der Waals surface area contributed by atoms with Crippen LogP contribution in [0.15, 0.2) is 18.3 Å². The molecule has 2 rings (SSSR count). The average Bonchev–Trinajstić information content (AvgIpc) is 2.95. The zero-order valence-electron chi connectivity index (χ0n) is 10.3. The number of hydrogen-bond donors (Lipinski definition) is 1. The Morgan fingerprint density at radius 3 is 3.00 bits per heavy atom. The highest BCUT2D eigenvalue weighted by molar-refractivity contribution is 5.06. The van der Waals surface area contributed by atoms with Gasteiger partial charge < -0.3 is 14.6 Å². The van der Waals surface area contributed by atoms with Crippen molar-refractivity contribution in [1.29, 1.82) is 0 Å². The first-order valence-corrected chi connectivity index (χ1v) is 6.21. The monoisotopic (exact) mass is 222 g/mol. The van der Waals surface area contributed by atoms with E-state index in [9.17, 15) is 0 Å². The number of rotatable bonds is 7. The van der Waals surface area contributed by atoms with Crippen LogP contribution in [0.25, 0.3) is 0 Å². The second-order valence-electron chi connectivity index (χ2n) is 4.95. The molecule has 0 radical (unpaired) electrons. The standard InChI is InChI=1S/C13H22N2O/c1-11(2)14-8-13-4-3-7-15(13)10-16-9-12-5-6-12/h3-4,7,11-12,14H,5-6,8-10H2,1-2H3. The molecular formula is C13H22N2O. The summed E-state index contributed by atoms with van der Waals surface area (Å²) < 4.78 is 7.86. The van der Waals surface area contributed by atoms with E-state index in [4.69, 9.17) is 4.74 Å². The lowest BCUT2D eigenvalue weighted by molar-refractivity contribution is 0.0673. The SMILES string of the molecule is CC(C)NCc1cccn1COCC1CC1. The van der Waals surface area contributed by atoms with Crippen LogP contribution in [0.2, 0.25) is 0 Å². The zero-order valence-corrected chi connectivity index (χ0v) is 10.3. The van der Waals surface area contributed by atoms with Gasteiger partial charge >= 0.3 is 0 Å². The first-order valence-electron chi connectivity index (χ1n) is 6.21. The molecule has 3 heteroatoms. The third-order valence-electron chi connectivity index (χ3n) is 2.90. The molecule has 0 saturated heterocycles. The number of aromatic nitrogens is 1. The van der Waals surface area contributed by atoms with Crippen LogP contribution >= 0.6 is 0 Å². The van der Waals surface area contributed by atoms with E-state index in [2.05, 4.69) is 42.1 Å². The fraction of sp³-hybridized carbons (Fsp3) is 0.692. The summed E-state index contributed by atoms with van der Waals surface area (Å²) >= 11 is 0. The third-order valence-corrected chi connectivity index (χ3v) is 2.90. The van der Waals surface area contributed by atoms with Gasteiger partial charge in [-0.05, 0) is 30.9 Å². The normalized spacial score (nSPS) is 15.9. The predicted octanol–water partition coefficient (Wildman–Crippen LogP) is 2.37. The first kappa shape index (κ1) is 11.7. The Bertz CT molecular complexity index is 315. The van der Waals surface area contributed by atoms with Crippen LogP contribution in [0.1, 0.15) is 32.4 Å². The Kier molecular flexibility index (Phi) is 4.02. The van der Waals surface area contributed by atoms with Crippen molar-refractivity contribution in [1.82, 2.24) is 9.88 Å². The number of nitrogens with zero attached hydrogens (tertiary/aromatic N) is 1. The van der Waals surface area contributed by atoms with Crippen LogP contribution in [0.4, 0.5) is 0 Å². The molecule has 3 nitrogen and oxygen atoms in total. The maximum atomic E-state index is 5.68. The zero-order chi connectivity index (χ0) is 11.4. The van der Waals surface area contributed by atoms with E-state index in [0.717, 1.165) is 19.1 Å². The van der Waals surface area contributed by atoms with E-state index in [1.807, 2.05) is 0 Å². The van der Waals surface area contributed by atoms with Gasteiger partial charge in [-0.15, -0.1) is 0 Å². The molecule has 1 aliphatic carbocycles. The summed E-state index contributed by atoms with van der Waals surface area (Å²) in [6.07, 6.45) is 4.80. The van der Waals surface area contributed by atoms with E-state index < -0.39 is 0 Å². The van der Waals surface area contributed by atoms with E-state index in [1.165, 1.54) is 18.5 Å². The predicted molar refractivity (Wildman–Crippen MR) is 65.1 cm³/mol. The summed E-state index contributed by atoms with van der Waals surface area (Å²) in [5, 5.41) is 3.42. The second-order valence-corrected chi connectivity index (χ2v) is 4.95. The van der Waals surface area contributed by atoms with Gasteiger partial charge in [0.2, 0.25) is 0 Å². The van der Waals surface area contributed by atoms with Crippen molar-refractivity contribution in [2.24, 2.45) is 5.92 Å². The summed E-state index contributed by atoms with van der Waals surface area (Å²) in [6.45, 7) is 6.86. The summed E-state index contributed by atoms with van der Waals surface area (Å²) in [7, 11) is 0. The van der Waals surface area contributed by atoms with Crippen LogP contribution in [0.3, 0.4) is 0 Å². The van der Waals surface area contributed by atoms with Crippen molar-refractivity contribution in [3.8, 4) is 0 Å². The van der Waals surface area contributed by atoms with Gasteiger partial charge in [-0.2, -0.15) is 0 Å². The largest absolute Gasteiger partial charge is 0.361 e. The third kappa shape index (κ3) is 3.65. The summed E-state index contributed by atoms with van der Waals surface area (Å²) in [5.74, 6) is 0.841. The Morgan fingerprint density at radius 1 is 1.50 bits per heavy atom. The van der Waals surface area contributed by atoms with Crippen LogP contribution < -0.4 is 5.32 Å². The van der Waals surface area contributed by atoms with E-state index in [1.54, 1.807) is 0 Å². The molecule has 0 unspecified atom stereocenters. The Morgan fingerprint density at radius 2 is 2.31 bits per heavy atom. The van der Waals surface area contributed by atoms with Gasteiger partial charge in [0.1, 0.15) is 6.73 Å². The molecule has 1 fully saturated rings. The summed E-state index contributed by atoms with van der Waals surface area (Å²) in [5.41, 5.74) is 1.30. The molecule has 1 aromatic heterocycles. The molecule has 1 heterocycles. The molecule has 1 aliphatic rings. The van der Waals surface area contributed by atoms with Crippen molar-refractivity contribution >= 4 is 0 Å². The van der Waals surface area contributed by atoms with Gasteiger partial charge in [0.15, 0.2) is 0 Å². The van der Waals surface area contributed by atoms with E-state index in [-0.39, 0.29) is 0 Å². The Labute approximate surface area is 97.8 Å². The highest BCUT2D eigenvalue weighted by atomic mass is 16.5. The van der Waals surface area contributed by atoms with E-state index >= 15 is 0 Å². The van der Waals surface area contributed by atoms with Gasteiger partial charge in [0.25, 0.3) is 0 Å². The van der Waals surface area contributed by atoms with Crippen molar-refractivity contribution < 1.29 is 4.74 Å². The molecule has 1 aromatic rings. The molecule has 90 valence electrons. The number of nitrogens with one attached hydrogen (secondary N) is 1. The molecule has 1 N–H and O–H groups in total. The molecular weight excluding hydrogens is 200 g/mol. The summed E-state index contributed by atoms with van der Waals surface area (Å²) in [6, 6.07) is 4.75. The molecule has 0 aromatic carbocycles. The Hall–Kier alpha value is -0.800. The van der Waals surface area contributed by atoms with Gasteiger partial charge in [0.05, 0.1) is 6.61 Å². The highest BCUT2D eigenvalue weighted by Crippen LogP contribution is 2.28. The van der Waals surface area contributed by atoms with Gasteiger partial charge in [-0.1, -0.05) is 13.8 Å². The lowest BCUT2D eigenvalue weighted by atomic mass is 10.3. The molecule has 1 saturated carbocycles. The molecule has 0 atom stereocenters. The van der Waals surface area contributed by atoms with Gasteiger partial charge in [0, 0.05) is 24.5 Å². The lowest BCUT2D eigenvalue weighted by Gasteiger charge is -2.12. The van der Waals surface area contributed by atoms with Crippen molar-refractivity contribution in [3.05, 3.63) is 24.0 Å². The minimum Gasteiger partial charge on any atom is -0.361 e. The minimum absolute atomic E-state index is 0.524. The number of hydrogen-bond acceptors (Lipinski definition) is 2. The van der Waals surface area contributed by atoms with Gasteiger partial charge in [-0.3, -0.25) is 0 Å². The van der Waals surface area contributed by atoms with Crippen LogP contribution in [-0.2, 0) is 18.0 Å². The van der Waals surface area contributed by atoms with Crippen LogP contribution in [0, 0.1) is 5.92 Å².